The van der Waals surface area contributed by atoms with Crippen molar-refractivity contribution in [1.82, 2.24) is 9.80 Å². The Labute approximate surface area is 121 Å². The summed E-state index contributed by atoms with van der Waals surface area (Å²) < 4.78 is 0. The lowest BCUT2D eigenvalue weighted by Gasteiger charge is -2.31. The Morgan fingerprint density at radius 2 is 2.10 bits per heavy atom. The van der Waals surface area contributed by atoms with E-state index in [4.69, 9.17) is 5.73 Å². The first-order valence-corrected chi connectivity index (χ1v) is 7.32. The molecular weight excluding hydrogens is 250 g/mol. The van der Waals surface area contributed by atoms with E-state index in [2.05, 4.69) is 36.1 Å². The third-order valence-electron chi connectivity index (χ3n) is 3.87. The maximum absolute atomic E-state index is 12.2. The van der Waals surface area contributed by atoms with Gasteiger partial charge in [-0.1, -0.05) is 29.8 Å². The van der Waals surface area contributed by atoms with Gasteiger partial charge in [-0.25, -0.2) is 0 Å². The highest BCUT2D eigenvalue weighted by atomic mass is 16.2. The molecule has 1 unspecified atom stereocenters. The van der Waals surface area contributed by atoms with Crippen molar-refractivity contribution in [1.29, 1.82) is 0 Å². The highest BCUT2D eigenvalue weighted by molar-refractivity contribution is 5.78. The number of rotatable bonds is 4. The van der Waals surface area contributed by atoms with Crippen LogP contribution in [0.1, 0.15) is 24.0 Å². The second-order valence-electron chi connectivity index (χ2n) is 5.87. The molecule has 0 radical (unpaired) electrons. The summed E-state index contributed by atoms with van der Waals surface area (Å²) in [5, 5.41) is 0. The van der Waals surface area contributed by atoms with E-state index in [1.807, 2.05) is 7.05 Å². The molecule has 1 aliphatic rings. The van der Waals surface area contributed by atoms with Crippen LogP contribution in [-0.4, -0.2) is 48.4 Å². The highest BCUT2D eigenvalue weighted by Gasteiger charge is 2.20. The van der Waals surface area contributed by atoms with E-state index in [1.165, 1.54) is 11.1 Å². The van der Waals surface area contributed by atoms with Crippen LogP contribution in [0.3, 0.4) is 0 Å². The molecule has 0 aromatic heterocycles. The fraction of sp³-hybridized carbons (Fsp3) is 0.562. The SMILES string of the molecule is Cc1ccc(CN(C)C(=O)CN2CCCC(N)C2)cc1. The molecule has 1 aliphatic heterocycles. The van der Waals surface area contributed by atoms with Gasteiger partial charge < -0.3 is 10.6 Å². The minimum atomic E-state index is 0.166. The lowest BCUT2D eigenvalue weighted by Crippen LogP contribution is -2.47. The lowest BCUT2D eigenvalue weighted by molar-refractivity contribution is -0.131. The van der Waals surface area contributed by atoms with Gasteiger partial charge in [0.05, 0.1) is 6.54 Å². The molecule has 1 saturated heterocycles. The van der Waals surface area contributed by atoms with E-state index in [0.717, 1.165) is 25.9 Å². The molecule has 0 aliphatic carbocycles. The summed E-state index contributed by atoms with van der Waals surface area (Å²) in [7, 11) is 1.87. The van der Waals surface area contributed by atoms with Crippen LogP contribution in [0.25, 0.3) is 0 Å². The molecule has 0 saturated carbocycles. The van der Waals surface area contributed by atoms with Gasteiger partial charge in [-0.15, -0.1) is 0 Å². The number of likely N-dealkylation sites (N-methyl/N-ethyl adjacent to an activating group) is 1. The monoisotopic (exact) mass is 275 g/mol. The number of nitrogens with two attached hydrogens (primary N) is 1. The minimum absolute atomic E-state index is 0.166. The molecule has 20 heavy (non-hydrogen) atoms. The van der Waals surface area contributed by atoms with Crippen molar-refractivity contribution in [3.8, 4) is 0 Å². The van der Waals surface area contributed by atoms with Crippen LogP contribution < -0.4 is 5.73 Å². The zero-order valence-electron chi connectivity index (χ0n) is 12.5. The van der Waals surface area contributed by atoms with Crippen molar-refractivity contribution in [2.75, 3.05) is 26.7 Å². The molecule has 4 heteroatoms. The van der Waals surface area contributed by atoms with E-state index < -0.39 is 0 Å². The fourth-order valence-electron chi connectivity index (χ4n) is 2.60. The smallest absolute Gasteiger partial charge is 0.236 e. The molecule has 4 nitrogen and oxygen atoms in total. The van der Waals surface area contributed by atoms with Gasteiger partial charge in [0.2, 0.25) is 5.91 Å². The first-order chi connectivity index (χ1) is 9.54. The Bertz CT molecular complexity index is 444. The Morgan fingerprint density at radius 1 is 1.40 bits per heavy atom. The third-order valence-corrected chi connectivity index (χ3v) is 3.87. The summed E-state index contributed by atoms with van der Waals surface area (Å²) in [6.45, 7) is 5.04. The molecule has 1 amide bonds. The number of hydrogen-bond donors (Lipinski definition) is 1. The standard InChI is InChI=1S/C16H25N3O/c1-13-5-7-14(8-6-13)10-18(2)16(20)12-19-9-3-4-15(17)11-19/h5-8,15H,3-4,9-12,17H2,1-2H3. The Hall–Kier alpha value is -1.39. The van der Waals surface area contributed by atoms with Gasteiger partial charge in [0.25, 0.3) is 0 Å². The number of carbonyl (C=O) groups is 1. The average Bonchev–Trinajstić information content (AvgIpc) is 2.41. The topological polar surface area (TPSA) is 49.6 Å². The second-order valence-corrected chi connectivity index (χ2v) is 5.87. The van der Waals surface area contributed by atoms with Crippen LogP contribution in [0.4, 0.5) is 0 Å². The van der Waals surface area contributed by atoms with Gasteiger partial charge >= 0.3 is 0 Å². The first-order valence-electron chi connectivity index (χ1n) is 7.32. The Balaban J connectivity index is 1.83. The number of carbonyl (C=O) groups excluding carboxylic acids is 1. The number of hydrogen-bond acceptors (Lipinski definition) is 3. The molecule has 1 aromatic rings. The van der Waals surface area contributed by atoms with Crippen LogP contribution in [-0.2, 0) is 11.3 Å². The molecule has 110 valence electrons. The third kappa shape index (κ3) is 4.32. The van der Waals surface area contributed by atoms with Gasteiger partial charge in [-0.2, -0.15) is 0 Å². The zero-order chi connectivity index (χ0) is 14.5. The van der Waals surface area contributed by atoms with Crippen molar-refractivity contribution in [2.45, 2.75) is 32.4 Å². The largest absolute Gasteiger partial charge is 0.340 e. The molecule has 1 fully saturated rings. The van der Waals surface area contributed by atoms with Crippen LogP contribution in [0.2, 0.25) is 0 Å². The molecular formula is C16H25N3O. The van der Waals surface area contributed by atoms with E-state index in [-0.39, 0.29) is 11.9 Å². The van der Waals surface area contributed by atoms with Crippen molar-refractivity contribution < 1.29 is 4.79 Å². The summed E-state index contributed by atoms with van der Waals surface area (Å²) >= 11 is 0. The summed E-state index contributed by atoms with van der Waals surface area (Å²) in [5.74, 6) is 0.166. The summed E-state index contributed by atoms with van der Waals surface area (Å²) in [5.41, 5.74) is 8.36. The number of piperidine rings is 1. The van der Waals surface area contributed by atoms with E-state index in [9.17, 15) is 4.79 Å². The van der Waals surface area contributed by atoms with Gasteiger partial charge in [0.15, 0.2) is 0 Å². The highest BCUT2D eigenvalue weighted by Crippen LogP contribution is 2.10. The number of amides is 1. The Morgan fingerprint density at radius 3 is 2.75 bits per heavy atom. The molecule has 2 N–H and O–H groups in total. The second kappa shape index (κ2) is 6.86. The van der Waals surface area contributed by atoms with E-state index in [1.54, 1.807) is 4.90 Å². The molecule has 1 heterocycles. The molecule has 1 atom stereocenters. The van der Waals surface area contributed by atoms with Crippen molar-refractivity contribution in [2.24, 2.45) is 5.73 Å². The first kappa shape index (κ1) is 15.0. The van der Waals surface area contributed by atoms with Crippen LogP contribution >= 0.6 is 0 Å². The number of nitrogens with zero attached hydrogens (tertiary/aromatic N) is 2. The van der Waals surface area contributed by atoms with Crippen molar-refractivity contribution in [3.63, 3.8) is 0 Å². The summed E-state index contributed by atoms with van der Waals surface area (Å²) in [6, 6.07) is 8.54. The predicted octanol–water partition coefficient (Wildman–Crippen LogP) is 1.38. The maximum Gasteiger partial charge on any atom is 0.236 e. The number of benzene rings is 1. The van der Waals surface area contributed by atoms with Crippen LogP contribution in [0.5, 0.6) is 0 Å². The van der Waals surface area contributed by atoms with Crippen LogP contribution in [0.15, 0.2) is 24.3 Å². The predicted molar refractivity (Wildman–Crippen MR) is 81.3 cm³/mol. The lowest BCUT2D eigenvalue weighted by atomic mass is 10.1. The molecule has 2 rings (SSSR count). The molecule has 0 bridgehead atoms. The quantitative estimate of drug-likeness (QED) is 0.903. The summed E-state index contributed by atoms with van der Waals surface area (Å²) in [4.78, 5) is 16.2. The summed E-state index contributed by atoms with van der Waals surface area (Å²) in [6.07, 6.45) is 2.17. The van der Waals surface area contributed by atoms with Gasteiger partial charge in [-0.3, -0.25) is 9.69 Å². The molecule has 0 spiro atoms. The van der Waals surface area contributed by atoms with Gasteiger partial charge in [0.1, 0.15) is 0 Å². The van der Waals surface area contributed by atoms with E-state index in [0.29, 0.717) is 13.1 Å². The maximum atomic E-state index is 12.2. The number of aryl methyl sites for hydroxylation is 1. The molecule has 1 aromatic carbocycles. The minimum Gasteiger partial charge on any atom is -0.340 e. The van der Waals surface area contributed by atoms with E-state index >= 15 is 0 Å². The van der Waals surface area contributed by atoms with Gasteiger partial charge in [-0.05, 0) is 31.9 Å². The Kier molecular flexibility index (Phi) is 5.15. The zero-order valence-corrected chi connectivity index (χ0v) is 12.5. The van der Waals surface area contributed by atoms with Crippen LogP contribution in [0, 0.1) is 6.92 Å². The normalized spacial score (nSPS) is 19.9. The van der Waals surface area contributed by atoms with Crippen molar-refractivity contribution >= 4 is 5.91 Å². The van der Waals surface area contributed by atoms with Crippen molar-refractivity contribution in [3.05, 3.63) is 35.4 Å². The van der Waals surface area contributed by atoms with Gasteiger partial charge in [0, 0.05) is 26.2 Å². The fourth-order valence-corrected chi connectivity index (χ4v) is 2.60. The number of likely N-dealkylation sites (tertiary alicyclic amines) is 1. The average molecular weight is 275 g/mol.